The maximum Gasteiger partial charge on any atom is 0.335 e. The van der Waals surface area contributed by atoms with Crippen molar-refractivity contribution < 1.29 is 24.6 Å². The second kappa shape index (κ2) is 38.6. The van der Waals surface area contributed by atoms with Gasteiger partial charge in [-0.2, -0.15) is 10.2 Å². The van der Waals surface area contributed by atoms with Crippen molar-refractivity contribution in [3.63, 3.8) is 0 Å². The lowest BCUT2D eigenvalue weighted by Crippen LogP contribution is -2.26. The number of carboxylic acids is 1. The first-order valence-corrected chi connectivity index (χ1v) is 37.5. The SMILES string of the molecule is CCCC1=NCC(CC)=C1C.CCc1n[nH]c(CN(C)C(=O)c2ccc(CC3CC[C@H]([C@H](C)c4ccccc4)C3)cc2)c1C.CCc1n[nH]c(CN(C)C(=O)c2ccc(CC3CC[C@H]([C@H](O)c4ccccc4)C3)cc2)c1C.C[C@H](c1ccccc1)[C@H]1CCC(Cc2ccc(C(=O)O)cc2)C1.[B]. The van der Waals surface area contributed by atoms with Gasteiger partial charge in [0.25, 0.3) is 11.8 Å². The number of hydrogen-bond acceptors (Lipinski definition) is 7. The molecule has 3 radical (unpaired) electrons. The highest BCUT2D eigenvalue weighted by Crippen LogP contribution is 2.44. The third-order valence-electron chi connectivity index (χ3n) is 22.5. The highest BCUT2D eigenvalue weighted by molar-refractivity contribution is 6.02. The molecule has 3 saturated carbocycles. The van der Waals surface area contributed by atoms with E-state index in [4.69, 9.17) is 5.11 Å². The summed E-state index contributed by atoms with van der Waals surface area (Å²) in [6.07, 6.45) is 19.1. The minimum Gasteiger partial charge on any atom is -0.478 e. The number of nitrogens with zero attached hydrogens (tertiary/aromatic N) is 5. The number of aliphatic imine (C=N–C) groups is 1. The Morgan fingerprint density at radius 2 is 0.861 bits per heavy atom. The fraction of sp³-hybridized carbons (Fsp3) is 0.455. The summed E-state index contributed by atoms with van der Waals surface area (Å²) in [5.41, 5.74) is 20.4. The van der Waals surface area contributed by atoms with Gasteiger partial charge in [-0.3, -0.25) is 24.8 Å². The van der Waals surface area contributed by atoms with Gasteiger partial charge in [-0.25, -0.2) is 4.79 Å². The maximum atomic E-state index is 12.9. The van der Waals surface area contributed by atoms with Gasteiger partial charge in [0.1, 0.15) is 0 Å². The normalized spacial score (nSPS) is 19.3. The van der Waals surface area contributed by atoms with Gasteiger partial charge in [0, 0.05) is 39.3 Å². The van der Waals surface area contributed by atoms with Crippen LogP contribution in [0.3, 0.4) is 0 Å². The van der Waals surface area contributed by atoms with E-state index in [9.17, 15) is 19.5 Å². The Morgan fingerprint density at radius 3 is 1.21 bits per heavy atom. The largest absolute Gasteiger partial charge is 0.478 e. The molecule has 0 bridgehead atoms. The molecule has 4 N–H and O–H groups in total. The van der Waals surface area contributed by atoms with Crippen molar-refractivity contribution >= 4 is 31.9 Å². The number of hydrogen-bond donors (Lipinski definition) is 4. The van der Waals surface area contributed by atoms with Crippen LogP contribution < -0.4 is 0 Å². The van der Waals surface area contributed by atoms with E-state index in [0.717, 1.165) is 133 Å². The molecule has 9 atom stereocenters. The highest BCUT2D eigenvalue weighted by atomic mass is 16.4. The summed E-state index contributed by atoms with van der Waals surface area (Å²) in [4.78, 5) is 44.8. The van der Waals surface area contributed by atoms with Crippen molar-refractivity contribution in [1.29, 1.82) is 0 Å². The number of aromatic nitrogens is 4. The first-order chi connectivity index (χ1) is 48.3. The number of carbonyl (C=O) groups is 3. The number of H-pyrrole nitrogens is 2. The molecule has 533 valence electrons. The molecule has 101 heavy (non-hydrogen) atoms. The van der Waals surface area contributed by atoms with E-state index < -0.39 is 5.97 Å². The summed E-state index contributed by atoms with van der Waals surface area (Å²) in [5, 5.41) is 34.6. The van der Waals surface area contributed by atoms with Crippen LogP contribution in [0.2, 0.25) is 0 Å². The molecule has 0 saturated heterocycles. The second-order valence-electron chi connectivity index (χ2n) is 29.3. The van der Waals surface area contributed by atoms with E-state index in [-0.39, 0.29) is 26.3 Å². The van der Waals surface area contributed by atoms with Gasteiger partial charge in [0.2, 0.25) is 0 Å². The molecule has 8 aromatic rings. The van der Waals surface area contributed by atoms with E-state index in [1.807, 2.05) is 80.8 Å². The van der Waals surface area contributed by atoms with E-state index in [1.54, 1.807) is 21.9 Å². The minimum atomic E-state index is -0.853. The molecule has 12 rings (SSSR count). The fourth-order valence-electron chi connectivity index (χ4n) is 15.9. The topological polar surface area (TPSA) is 168 Å². The van der Waals surface area contributed by atoms with Crippen molar-refractivity contribution in [3.05, 3.63) is 259 Å². The van der Waals surface area contributed by atoms with Crippen molar-refractivity contribution in [2.24, 2.45) is 40.5 Å². The number of aliphatic hydroxyl groups is 1. The van der Waals surface area contributed by atoms with Gasteiger partial charge in [-0.1, -0.05) is 175 Å². The molecule has 4 aliphatic rings. The average molecular weight is 1360 g/mol. The zero-order valence-electron chi connectivity index (χ0n) is 62.4. The van der Waals surface area contributed by atoms with Gasteiger partial charge in [0.15, 0.2) is 0 Å². The monoisotopic (exact) mass is 1360 g/mol. The molecule has 13 heteroatoms. The number of aliphatic hydroxyl groups excluding tert-OH is 1. The van der Waals surface area contributed by atoms with E-state index >= 15 is 0 Å². The van der Waals surface area contributed by atoms with E-state index in [2.05, 4.69) is 173 Å². The molecule has 3 fully saturated rings. The summed E-state index contributed by atoms with van der Waals surface area (Å²) in [5.74, 6) is 4.35. The molecular weight excluding hydrogens is 1250 g/mol. The quantitative estimate of drug-likeness (QED) is 0.0437. The van der Waals surface area contributed by atoms with Crippen LogP contribution in [0.4, 0.5) is 0 Å². The van der Waals surface area contributed by atoms with Crippen LogP contribution in [0.5, 0.6) is 0 Å². The number of carbonyl (C=O) groups excluding carboxylic acids is 2. The molecule has 1 aliphatic heterocycles. The van der Waals surface area contributed by atoms with Crippen LogP contribution in [-0.2, 0) is 45.2 Å². The highest BCUT2D eigenvalue weighted by Gasteiger charge is 2.33. The van der Waals surface area contributed by atoms with Crippen molar-refractivity contribution in [2.75, 3.05) is 20.6 Å². The summed E-state index contributed by atoms with van der Waals surface area (Å²) < 4.78 is 0. The van der Waals surface area contributed by atoms with Crippen molar-refractivity contribution in [2.45, 2.75) is 202 Å². The van der Waals surface area contributed by atoms with E-state index in [1.165, 1.54) is 96.0 Å². The lowest BCUT2D eigenvalue weighted by atomic mass is 9.85. The van der Waals surface area contributed by atoms with Crippen LogP contribution >= 0.6 is 0 Å². The molecule has 3 unspecified atom stereocenters. The fourth-order valence-corrected chi connectivity index (χ4v) is 15.9. The lowest BCUT2D eigenvalue weighted by molar-refractivity contribution is 0.0695. The van der Waals surface area contributed by atoms with Crippen LogP contribution in [0, 0.1) is 49.4 Å². The molecule has 0 spiro atoms. The predicted molar refractivity (Wildman–Crippen MR) is 414 cm³/mol. The number of aryl methyl sites for hydroxylation is 2. The second-order valence-corrected chi connectivity index (χ2v) is 29.3. The van der Waals surface area contributed by atoms with Gasteiger partial charge >= 0.3 is 5.97 Å². The zero-order chi connectivity index (χ0) is 71.2. The van der Waals surface area contributed by atoms with Crippen LogP contribution in [0.15, 0.2) is 180 Å². The smallest absolute Gasteiger partial charge is 0.335 e. The number of aromatic amines is 2. The van der Waals surface area contributed by atoms with Gasteiger partial charge in [-0.05, 0) is 263 Å². The summed E-state index contributed by atoms with van der Waals surface area (Å²) >= 11 is 0. The first-order valence-electron chi connectivity index (χ1n) is 37.5. The molecule has 12 nitrogen and oxygen atoms in total. The number of carboxylic acid groups (broad SMARTS) is 1. The Labute approximate surface area is 606 Å². The summed E-state index contributed by atoms with van der Waals surface area (Å²) in [7, 11) is 3.69. The lowest BCUT2D eigenvalue weighted by Gasteiger charge is -2.20. The van der Waals surface area contributed by atoms with Gasteiger partial charge in [-0.15, -0.1) is 0 Å². The summed E-state index contributed by atoms with van der Waals surface area (Å²) in [6, 6.07) is 55.4. The Kier molecular flexibility index (Phi) is 29.9. The Morgan fingerprint density at radius 1 is 0.495 bits per heavy atom. The number of amides is 2. The Bertz CT molecular complexity index is 3750. The number of aromatic carboxylic acids is 1. The first kappa shape index (κ1) is 78.3. The zero-order valence-corrected chi connectivity index (χ0v) is 62.4. The average Bonchev–Trinajstić information content (AvgIpc) is 1.77. The standard InChI is InChI=1S/C29H37N3O.C28H35N3O2.C21H24O2.C10H17N.B/c1-5-27-21(3)28(31-30-27)19-32(4)29(33)25-14-11-22(12-15-25)17-23-13-16-26(18-23)20(2)24-9-7-6-8-10-24;1-4-25-19(2)26(30-29-25)18-31(3)28(33)23-13-10-20(11-14-23)16-21-12-15-24(17-21)27(32)22-8-6-5-7-9-22;1-15(18-5-3-2-4-6-18)20-12-9-17(14-20)13-16-7-10-19(11-8-16)21(22)23;1-4-6-10-8(3)9(5-2)7-11-10;/h6-12,14-15,20,23,26H,5,13,16-19H2,1-4H3,(H,30,31);5-11,13-14,21,24,27,32H,4,12,15-18H2,1-3H3,(H,29,30);2-8,10-11,15,17,20H,9,12-14H2,1H3,(H,22,23);4-7H2,1-3H3;/t20-,23?,26+;21?,24-,27+;15-,17?,20+;;/m101../s1. The maximum absolute atomic E-state index is 12.9. The Hall–Kier alpha value is -8.42. The van der Waals surface area contributed by atoms with Crippen molar-refractivity contribution in [3.8, 4) is 0 Å². The minimum absolute atomic E-state index is 0. The number of benzene rings is 6. The summed E-state index contributed by atoms with van der Waals surface area (Å²) in [6.45, 7) is 21.7. The van der Waals surface area contributed by atoms with E-state index in [0.29, 0.717) is 47.9 Å². The molecule has 3 heterocycles. The van der Waals surface area contributed by atoms with Crippen LogP contribution in [0.1, 0.15) is 242 Å². The van der Waals surface area contributed by atoms with Crippen LogP contribution in [-0.4, -0.2) is 93.0 Å². The molecular formula is C88H113BN7O5. The molecule has 2 amide bonds. The van der Waals surface area contributed by atoms with Gasteiger partial charge in [0.05, 0.1) is 54.1 Å². The Balaban J connectivity index is 0.000000180. The molecule has 3 aliphatic carbocycles. The number of rotatable bonds is 24. The molecule has 2 aromatic heterocycles. The predicted octanol–water partition coefficient (Wildman–Crippen LogP) is 19.3. The van der Waals surface area contributed by atoms with Crippen molar-refractivity contribution in [1.82, 2.24) is 30.2 Å². The van der Waals surface area contributed by atoms with Crippen LogP contribution in [0.25, 0.3) is 0 Å². The number of allylic oxidation sites excluding steroid dienone is 1. The molecule has 6 aromatic carbocycles. The third kappa shape index (κ3) is 21.6. The third-order valence-corrected chi connectivity index (χ3v) is 22.5. The van der Waals surface area contributed by atoms with Gasteiger partial charge < -0.3 is 20.0 Å². The number of nitrogens with one attached hydrogen (secondary N) is 2.